The van der Waals surface area contributed by atoms with Gasteiger partial charge < -0.3 is 15.8 Å². The van der Waals surface area contributed by atoms with Gasteiger partial charge in [-0.05, 0) is 63.1 Å². The summed E-state index contributed by atoms with van der Waals surface area (Å²) in [5, 5.41) is 2.58. The molecule has 170 valence electrons. The average molecular weight is 460 g/mol. The number of primary amides is 1. The first kappa shape index (κ1) is 23.4. The molecule has 0 saturated carbocycles. The Bertz CT molecular complexity index is 1110. The van der Waals surface area contributed by atoms with E-state index < -0.39 is 40.0 Å². The van der Waals surface area contributed by atoms with E-state index in [-0.39, 0.29) is 11.4 Å². The van der Waals surface area contributed by atoms with E-state index in [2.05, 4.69) is 5.32 Å². The second kappa shape index (κ2) is 9.49. The monoisotopic (exact) mass is 459 g/mol. The van der Waals surface area contributed by atoms with Crippen LogP contribution in [0.3, 0.4) is 0 Å². The number of nitrogens with two attached hydrogens (primary N) is 1. The van der Waals surface area contributed by atoms with Crippen molar-refractivity contribution >= 4 is 33.5 Å². The second-order valence-corrected chi connectivity index (χ2v) is 9.49. The lowest BCUT2D eigenvalue weighted by molar-refractivity contribution is -0.156. The van der Waals surface area contributed by atoms with E-state index in [0.29, 0.717) is 24.1 Å². The number of hydrogen-bond donors (Lipinski definition) is 2. The Balaban J connectivity index is 1.65. The largest absolute Gasteiger partial charge is 0.451 e. The molecule has 3 rings (SSSR count). The number of carbonyl (C=O) groups excluding carboxylic acids is 3. The Morgan fingerprint density at radius 1 is 1.09 bits per heavy atom. The van der Waals surface area contributed by atoms with E-state index in [9.17, 15) is 22.8 Å². The van der Waals surface area contributed by atoms with Gasteiger partial charge in [0, 0.05) is 17.8 Å². The van der Waals surface area contributed by atoms with Crippen LogP contribution in [0.15, 0.2) is 53.4 Å². The lowest BCUT2D eigenvalue weighted by atomic mass is 10.2. The van der Waals surface area contributed by atoms with Gasteiger partial charge in [0.2, 0.25) is 15.9 Å². The predicted molar refractivity (Wildman–Crippen MR) is 117 cm³/mol. The molecule has 1 heterocycles. The van der Waals surface area contributed by atoms with Crippen LogP contribution in [-0.4, -0.2) is 49.2 Å². The van der Waals surface area contributed by atoms with Crippen LogP contribution in [0.5, 0.6) is 0 Å². The number of anilines is 1. The number of sulfonamides is 1. The number of nitrogens with zero attached hydrogens (tertiary/aromatic N) is 1. The molecule has 2 amide bonds. The number of nitrogens with one attached hydrogen (secondary N) is 1. The summed E-state index contributed by atoms with van der Waals surface area (Å²) in [5.41, 5.74) is 6.79. The van der Waals surface area contributed by atoms with Gasteiger partial charge in [0.25, 0.3) is 5.91 Å². The fourth-order valence-electron chi connectivity index (χ4n) is 3.38. The Morgan fingerprint density at radius 2 is 1.72 bits per heavy atom. The summed E-state index contributed by atoms with van der Waals surface area (Å²) >= 11 is 0. The Labute approximate surface area is 186 Å². The molecule has 1 aliphatic rings. The van der Waals surface area contributed by atoms with E-state index in [4.69, 9.17) is 10.5 Å². The van der Waals surface area contributed by atoms with Crippen LogP contribution >= 0.6 is 0 Å². The molecule has 0 aliphatic carbocycles. The van der Waals surface area contributed by atoms with Crippen molar-refractivity contribution in [1.82, 2.24) is 4.31 Å². The molecule has 0 bridgehead atoms. The molecular weight excluding hydrogens is 434 g/mol. The number of benzene rings is 2. The zero-order valence-electron chi connectivity index (χ0n) is 17.8. The maximum Gasteiger partial charge on any atom is 0.325 e. The van der Waals surface area contributed by atoms with E-state index in [1.165, 1.54) is 43.3 Å². The molecular formula is C22H25N3O6S. The van der Waals surface area contributed by atoms with Gasteiger partial charge in [0.15, 0.2) is 6.10 Å². The van der Waals surface area contributed by atoms with Gasteiger partial charge in [-0.25, -0.2) is 8.42 Å². The first-order chi connectivity index (χ1) is 15.1. The van der Waals surface area contributed by atoms with Crippen LogP contribution in [0.1, 0.15) is 35.7 Å². The highest BCUT2D eigenvalue weighted by atomic mass is 32.2. The van der Waals surface area contributed by atoms with E-state index in [1.807, 2.05) is 6.92 Å². The van der Waals surface area contributed by atoms with Crippen LogP contribution in [0.4, 0.5) is 5.69 Å². The lowest BCUT2D eigenvalue weighted by Gasteiger charge is -2.24. The van der Waals surface area contributed by atoms with E-state index >= 15 is 0 Å². The van der Waals surface area contributed by atoms with Crippen molar-refractivity contribution in [2.24, 2.45) is 5.73 Å². The van der Waals surface area contributed by atoms with Crippen LogP contribution in [0.2, 0.25) is 0 Å². The summed E-state index contributed by atoms with van der Waals surface area (Å²) in [6.07, 6.45) is -0.326. The Kier molecular flexibility index (Phi) is 6.95. The third-order valence-electron chi connectivity index (χ3n) is 5.20. The standard InChI is InChI=1S/C22H25N3O6S/c1-14-5-11-18(12-6-14)32(29,30)25-13-3-4-19(25)22(28)31-15(2)21(27)24-17-9-7-16(8-10-17)20(23)26/h5-12,15,19H,3-4,13H2,1-2H3,(H2,23,26)(H,24,27)/t15-,19-/m1/s1. The maximum absolute atomic E-state index is 13.0. The highest BCUT2D eigenvalue weighted by molar-refractivity contribution is 7.89. The van der Waals surface area contributed by atoms with Crippen molar-refractivity contribution in [3.05, 3.63) is 59.7 Å². The number of carbonyl (C=O) groups is 3. The molecule has 2 aromatic rings. The highest BCUT2D eigenvalue weighted by Crippen LogP contribution is 2.27. The molecule has 0 spiro atoms. The van der Waals surface area contributed by atoms with Crippen molar-refractivity contribution in [3.8, 4) is 0 Å². The van der Waals surface area contributed by atoms with Gasteiger partial charge in [0.1, 0.15) is 6.04 Å². The lowest BCUT2D eigenvalue weighted by Crippen LogP contribution is -2.43. The molecule has 32 heavy (non-hydrogen) atoms. The molecule has 10 heteroatoms. The van der Waals surface area contributed by atoms with Gasteiger partial charge in [-0.15, -0.1) is 0 Å². The van der Waals surface area contributed by atoms with Crippen molar-refractivity contribution in [3.63, 3.8) is 0 Å². The summed E-state index contributed by atoms with van der Waals surface area (Å²) in [4.78, 5) is 36.3. The number of esters is 1. The smallest absolute Gasteiger partial charge is 0.325 e. The summed E-state index contributed by atoms with van der Waals surface area (Å²) < 4.78 is 32.4. The number of hydrogen-bond acceptors (Lipinski definition) is 6. The van der Waals surface area contributed by atoms with Crippen LogP contribution in [0, 0.1) is 6.92 Å². The molecule has 0 aromatic heterocycles. The van der Waals surface area contributed by atoms with Crippen molar-refractivity contribution < 1.29 is 27.5 Å². The first-order valence-electron chi connectivity index (χ1n) is 10.1. The Morgan fingerprint density at radius 3 is 2.31 bits per heavy atom. The summed E-state index contributed by atoms with van der Waals surface area (Å²) in [7, 11) is -3.87. The predicted octanol–water partition coefficient (Wildman–Crippen LogP) is 1.82. The van der Waals surface area contributed by atoms with Gasteiger partial charge in [0.05, 0.1) is 4.90 Å². The van der Waals surface area contributed by atoms with Gasteiger partial charge in [-0.3, -0.25) is 14.4 Å². The minimum Gasteiger partial charge on any atom is -0.451 e. The molecule has 1 aliphatic heterocycles. The van der Waals surface area contributed by atoms with Crippen molar-refractivity contribution in [2.45, 2.75) is 43.7 Å². The summed E-state index contributed by atoms with van der Waals surface area (Å²) in [5.74, 6) is -1.95. The number of ether oxygens (including phenoxy) is 1. The average Bonchev–Trinajstić information content (AvgIpc) is 3.25. The molecule has 1 fully saturated rings. The minimum absolute atomic E-state index is 0.105. The molecule has 0 unspecified atom stereocenters. The van der Waals surface area contributed by atoms with E-state index in [0.717, 1.165) is 9.87 Å². The van der Waals surface area contributed by atoms with E-state index in [1.54, 1.807) is 12.1 Å². The SMILES string of the molecule is Cc1ccc(S(=O)(=O)N2CCC[C@@H]2C(=O)O[C@H](C)C(=O)Nc2ccc(C(N)=O)cc2)cc1. The Hall–Kier alpha value is -3.24. The topological polar surface area (TPSA) is 136 Å². The van der Waals surface area contributed by atoms with Crippen LogP contribution < -0.4 is 11.1 Å². The fourth-order valence-corrected chi connectivity index (χ4v) is 5.02. The minimum atomic E-state index is -3.87. The fraction of sp³-hybridized carbons (Fsp3) is 0.318. The molecule has 3 N–H and O–H groups in total. The number of rotatable bonds is 7. The highest BCUT2D eigenvalue weighted by Gasteiger charge is 2.41. The first-order valence-corrected chi connectivity index (χ1v) is 11.5. The molecule has 2 aromatic carbocycles. The van der Waals surface area contributed by atoms with Gasteiger partial charge in [-0.2, -0.15) is 4.31 Å². The molecule has 2 atom stereocenters. The summed E-state index contributed by atoms with van der Waals surface area (Å²) in [6, 6.07) is 11.3. The number of amides is 2. The quantitative estimate of drug-likeness (QED) is 0.606. The van der Waals surface area contributed by atoms with Crippen molar-refractivity contribution in [2.75, 3.05) is 11.9 Å². The number of aryl methyl sites for hydroxylation is 1. The van der Waals surface area contributed by atoms with Crippen molar-refractivity contribution in [1.29, 1.82) is 0 Å². The molecule has 9 nitrogen and oxygen atoms in total. The zero-order valence-corrected chi connectivity index (χ0v) is 18.6. The second-order valence-electron chi connectivity index (χ2n) is 7.60. The van der Waals surface area contributed by atoms with Gasteiger partial charge in [-0.1, -0.05) is 17.7 Å². The normalized spacial score (nSPS) is 17.5. The zero-order chi connectivity index (χ0) is 23.5. The molecule has 1 saturated heterocycles. The van der Waals surface area contributed by atoms with Crippen LogP contribution in [0.25, 0.3) is 0 Å². The third kappa shape index (κ3) is 5.14. The van der Waals surface area contributed by atoms with Crippen LogP contribution in [-0.2, 0) is 24.3 Å². The molecule has 0 radical (unpaired) electrons. The maximum atomic E-state index is 13.0. The summed E-state index contributed by atoms with van der Waals surface area (Å²) in [6.45, 7) is 3.45. The third-order valence-corrected chi connectivity index (χ3v) is 7.12. The van der Waals surface area contributed by atoms with Gasteiger partial charge >= 0.3 is 5.97 Å².